The van der Waals surface area contributed by atoms with Crippen molar-refractivity contribution in [3.8, 4) is 0 Å². The molecule has 68 valence electrons. The standard InChI is InChI=1S/C9H19N.ClH/c1-3-5-9-6-8-10(9)7-4-2;/h9H,3-8H2,1-2H3;1H. The van der Waals surface area contributed by atoms with E-state index >= 15 is 0 Å². The fraction of sp³-hybridized carbons (Fsp3) is 1.00. The Morgan fingerprint density at radius 1 is 1.27 bits per heavy atom. The summed E-state index contributed by atoms with van der Waals surface area (Å²) in [7, 11) is 0. The number of hydrogen-bond donors (Lipinski definition) is 0. The summed E-state index contributed by atoms with van der Waals surface area (Å²) in [6.45, 7) is 7.23. The summed E-state index contributed by atoms with van der Waals surface area (Å²) in [5, 5.41) is 0. The van der Waals surface area contributed by atoms with E-state index in [0.29, 0.717) is 0 Å². The summed E-state index contributed by atoms with van der Waals surface area (Å²) in [5.74, 6) is 0. The molecule has 1 atom stereocenters. The first-order valence-corrected chi connectivity index (χ1v) is 4.62. The predicted octanol–water partition coefficient (Wildman–Crippen LogP) is 2.69. The molecule has 0 saturated carbocycles. The third kappa shape index (κ3) is 3.00. The summed E-state index contributed by atoms with van der Waals surface area (Å²) in [5.41, 5.74) is 0. The summed E-state index contributed by atoms with van der Waals surface area (Å²) in [4.78, 5) is 2.61. The van der Waals surface area contributed by atoms with Gasteiger partial charge in [-0.05, 0) is 32.4 Å². The molecule has 1 unspecified atom stereocenters. The van der Waals surface area contributed by atoms with E-state index in [1.54, 1.807) is 0 Å². The third-order valence-corrected chi connectivity index (χ3v) is 2.40. The molecule has 0 aromatic carbocycles. The van der Waals surface area contributed by atoms with Crippen LogP contribution in [0.3, 0.4) is 0 Å². The lowest BCUT2D eigenvalue weighted by Crippen LogP contribution is -2.47. The minimum Gasteiger partial charge on any atom is -0.300 e. The average Bonchev–Trinajstić information content (AvgIpc) is 1.93. The first-order chi connectivity index (χ1) is 4.88. The van der Waals surface area contributed by atoms with E-state index in [-0.39, 0.29) is 12.4 Å². The molecule has 0 amide bonds. The fourth-order valence-electron chi connectivity index (χ4n) is 1.74. The normalized spacial score (nSPS) is 24.0. The molecule has 0 bridgehead atoms. The maximum Gasteiger partial charge on any atom is 0.0107 e. The molecule has 0 spiro atoms. The molecule has 0 aromatic heterocycles. The molecule has 0 aliphatic carbocycles. The smallest absolute Gasteiger partial charge is 0.0107 e. The van der Waals surface area contributed by atoms with Gasteiger partial charge < -0.3 is 4.90 Å². The molecule has 1 nitrogen and oxygen atoms in total. The molecule has 0 aromatic rings. The van der Waals surface area contributed by atoms with Crippen molar-refractivity contribution in [3.63, 3.8) is 0 Å². The SMILES string of the molecule is CCCC1CCN1CCC.Cl. The Kier molecular flexibility index (Phi) is 5.98. The van der Waals surface area contributed by atoms with E-state index in [1.807, 2.05) is 0 Å². The van der Waals surface area contributed by atoms with Gasteiger partial charge in [0.1, 0.15) is 0 Å². The minimum atomic E-state index is 0. The first-order valence-electron chi connectivity index (χ1n) is 4.62. The molecular weight excluding hydrogens is 158 g/mol. The topological polar surface area (TPSA) is 3.24 Å². The molecule has 11 heavy (non-hydrogen) atoms. The zero-order valence-corrected chi connectivity index (χ0v) is 8.49. The Bertz CT molecular complexity index is 83.6. The monoisotopic (exact) mass is 177 g/mol. The quantitative estimate of drug-likeness (QED) is 0.639. The second kappa shape index (κ2) is 5.84. The molecule has 0 radical (unpaired) electrons. The van der Waals surface area contributed by atoms with Gasteiger partial charge in [-0.15, -0.1) is 12.4 Å². The zero-order valence-electron chi connectivity index (χ0n) is 7.68. The molecule has 0 N–H and O–H groups in total. The Hall–Kier alpha value is 0.250. The van der Waals surface area contributed by atoms with Crippen molar-refractivity contribution < 1.29 is 0 Å². The molecule has 1 heterocycles. The van der Waals surface area contributed by atoms with Crippen LogP contribution in [0.2, 0.25) is 0 Å². The summed E-state index contributed by atoms with van der Waals surface area (Å²) in [6, 6.07) is 0.949. The van der Waals surface area contributed by atoms with E-state index in [4.69, 9.17) is 0 Å². The second-order valence-electron chi connectivity index (χ2n) is 3.27. The molecular formula is C9H20ClN. The van der Waals surface area contributed by atoms with Crippen molar-refractivity contribution >= 4 is 12.4 Å². The Morgan fingerprint density at radius 3 is 2.36 bits per heavy atom. The summed E-state index contributed by atoms with van der Waals surface area (Å²) in [6.07, 6.45) is 5.54. The lowest BCUT2D eigenvalue weighted by molar-refractivity contribution is 0.0836. The number of nitrogens with zero attached hydrogens (tertiary/aromatic N) is 1. The van der Waals surface area contributed by atoms with Gasteiger partial charge in [0, 0.05) is 6.04 Å². The highest BCUT2D eigenvalue weighted by Gasteiger charge is 2.25. The van der Waals surface area contributed by atoms with Crippen LogP contribution in [0.4, 0.5) is 0 Å². The number of likely N-dealkylation sites (tertiary alicyclic amines) is 1. The van der Waals surface area contributed by atoms with Crippen LogP contribution in [0.1, 0.15) is 39.5 Å². The van der Waals surface area contributed by atoms with Crippen LogP contribution in [-0.4, -0.2) is 24.0 Å². The summed E-state index contributed by atoms with van der Waals surface area (Å²) < 4.78 is 0. The minimum absolute atomic E-state index is 0. The third-order valence-electron chi connectivity index (χ3n) is 2.40. The fourth-order valence-corrected chi connectivity index (χ4v) is 1.74. The van der Waals surface area contributed by atoms with Gasteiger partial charge in [0.05, 0.1) is 0 Å². The Labute approximate surface area is 76.6 Å². The van der Waals surface area contributed by atoms with E-state index in [1.165, 1.54) is 38.8 Å². The van der Waals surface area contributed by atoms with Crippen molar-refractivity contribution in [2.75, 3.05) is 13.1 Å². The van der Waals surface area contributed by atoms with Crippen molar-refractivity contribution in [2.45, 2.75) is 45.6 Å². The van der Waals surface area contributed by atoms with E-state index < -0.39 is 0 Å². The van der Waals surface area contributed by atoms with Crippen LogP contribution in [0.5, 0.6) is 0 Å². The number of rotatable bonds is 4. The van der Waals surface area contributed by atoms with Gasteiger partial charge in [0.25, 0.3) is 0 Å². The lowest BCUT2D eigenvalue weighted by atomic mass is 9.98. The summed E-state index contributed by atoms with van der Waals surface area (Å²) >= 11 is 0. The van der Waals surface area contributed by atoms with Gasteiger partial charge in [-0.25, -0.2) is 0 Å². The van der Waals surface area contributed by atoms with Crippen LogP contribution in [0.15, 0.2) is 0 Å². The molecule has 1 rings (SSSR count). The molecule has 1 saturated heterocycles. The first kappa shape index (κ1) is 11.2. The van der Waals surface area contributed by atoms with Gasteiger partial charge >= 0.3 is 0 Å². The number of hydrogen-bond acceptors (Lipinski definition) is 1. The van der Waals surface area contributed by atoms with Gasteiger partial charge in [0.2, 0.25) is 0 Å². The van der Waals surface area contributed by atoms with E-state index in [0.717, 1.165) is 6.04 Å². The van der Waals surface area contributed by atoms with Crippen molar-refractivity contribution in [3.05, 3.63) is 0 Å². The van der Waals surface area contributed by atoms with Crippen LogP contribution in [0, 0.1) is 0 Å². The van der Waals surface area contributed by atoms with Crippen molar-refractivity contribution in [1.82, 2.24) is 4.90 Å². The van der Waals surface area contributed by atoms with Crippen molar-refractivity contribution in [1.29, 1.82) is 0 Å². The highest BCUT2D eigenvalue weighted by atomic mass is 35.5. The maximum absolute atomic E-state index is 2.61. The van der Waals surface area contributed by atoms with Gasteiger partial charge in [-0.3, -0.25) is 0 Å². The van der Waals surface area contributed by atoms with Crippen LogP contribution in [-0.2, 0) is 0 Å². The Balaban J connectivity index is 0.000001000. The van der Waals surface area contributed by atoms with Crippen molar-refractivity contribution in [2.24, 2.45) is 0 Å². The molecule has 1 fully saturated rings. The van der Waals surface area contributed by atoms with Crippen LogP contribution in [0.25, 0.3) is 0 Å². The van der Waals surface area contributed by atoms with E-state index in [9.17, 15) is 0 Å². The Morgan fingerprint density at radius 2 is 2.00 bits per heavy atom. The molecule has 2 heteroatoms. The second-order valence-corrected chi connectivity index (χ2v) is 3.27. The van der Waals surface area contributed by atoms with E-state index in [2.05, 4.69) is 18.7 Å². The molecule has 1 aliphatic heterocycles. The highest BCUT2D eigenvalue weighted by Crippen LogP contribution is 2.21. The van der Waals surface area contributed by atoms with Gasteiger partial charge in [-0.2, -0.15) is 0 Å². The highest BCUT2D eigenvalue weighted by molar-refractivity contribution is 5.85. The van der Waals surface area contributed by atoms with Crippen LogP contribution < -0.4 is 0 Å². The van der Waals surface area contributed by atoms with Gasteiger partial charge in [-0.1, -0.05) is 20.3 Å². The largest absolute Gasteiger partial charge is 0.300 e. The maximum atomic E-state index is 2.61. The lowest BCUT2D eigenvalue weighted by Gasteiger charge is -2.41. The zero-order chi connectivity index (χ0) is 7.40. The predicted molar refractivity (Wildman–Crippen MR) is 52.4 cm³/mol. The number of halogens is 1. The van der Waals surface area contributed by atoms with Gasteiger partial charge in [0.15, 0.2) is 0 Å². The molecule has 1 aliphatic rings. The van der Waals surface area contributed by atoms with Crippen LogP contribution >= 0.6 is 12.4 Å². The average molecular weight is 178 g/mol.